The Balaban J connectivity index is 0.00000342. The lowest BCUT2D eigenvalue weighted by Crippen LogP contribution is -2.16. The number of hydrogen-bond acceptors (Lipinski definition) is 6. The van der Waals surface area contributed by atoms with E-state index >= 15 is 0 Å². The van der Waals surface area contributed by atoms with E-state index in [0.29, 0.717) is 23.8 Å². The minimum absolute atomic E-state index is 0. The number of aliphatic hydroxyl groups is 1. The van der Waals surface area contributed by atoms with Gasteiger partial charge in [-0.05, 0) is 55.0 Å². The maximum absolute atomic E-state index is 14.4. The standard InChI is InChI=1S/C24H22F2N6O2.ClH/c1-15(13-33)32-14-28-31-23(32)21-3-2-4-22(29-21)30-24(34)19-11-18(9-10-20(19)26)27-12-16-5-7-17(25)8-6-16;/h2-11,14-15,27,33H,12-13H2,1H3,(H,29,30,34);1H/t15-;/m1./s1. The molecular formula is C24H23ClF2N6O2. The lowest BCUT2D eigenvalue weighted by atomic mass is 10.1. The molecule has 0 radical (unpaired) electrons. The molecule has 1 amide bonds. The van der Waals surface area contributed by atoms with E-state index in [2.05, 4.69) is 25.8 Å². The molecule has 2 aromatic carbocycles. The second-order valence-corrected chi connectivity index (χ2v) is 7.63. The molecule has 4 rings (SSSR count). The Morgan fingerprint density at radius 3 is 2.63 bits per heavy atom. The molecule has 3 N–H and O–H groups in total. The van der Waals surface area contributed by atoms with E-state index < -0.39 is 11.7 Å². The Kier molecular flexibility index (Phi) is 8.45. The van der Waals surface area contributed by atoms with Gasteiger partial charge in [-0.25, -0.2) is 13.8 Å². The normalized spacial score (nSPS) is 11.4. The molecule has 0 aliphatic rings. The molecule has 35 heavy (non-hydrogen) atoms. The van der Waals surface area contributed by atoms with Gasteiger partial charge < -0.3 is 20.3 Å². The van der Waals surface area contributed by atoms with Crippen LogP contribution in [-0.4, -0.2) is 37.4 Å². The number of nitrogens with zero attached hydrogens (tertiary/aromatic N) is 4. The van der Waals surface area contributed by atoms with Crippen molar-refractivity contribution in [3.8, 4) is 11.5 Å². The molecule has 1 atom stereocenters. The molecular weight excluding hydrogens is 478 g/mol. The topological polar surface area (TPSA) is 105 Å². The Labute approximate surface area is 206 Å². The van der Waals surface area contributed by atoms with Gasteiger partial charge >= 0.3 is 0 Å². The Morgan fingerprint density at radius 2 is 1.89 bits per heavy atom. The van der Waals surface area contributed by atoms with Crippen LogP contribution in [0.3, 0.4) is 0 Å². The fraction of sp³-hybridized carbons (Fsp3) is 0.167. The molecule has 11 heteroatoms. The third kappa shape index (κ3) is 6.17. The molecule has 182 valence electrons. The van der Waals surface area contributed by atoms with Crippen LogP contribution in [0, 0.1) is 11.6 Å². The Morgan fingerprint density at radius 1 is 1.11 bits per heavy atom. The van der Waals surface area contributed by atoms with Gasteiger partial charge in [0.05, 0.1) is 18.2 Å². The zero-order valence-corrected chi connectivity index (χ0v) is 19.5. The zero-order chi connectivity index (χ0) is 24.1. The number of aliphatic hydroxyl groups excluding tert-OH is 1. The summed E-state index contributed by atoms with van der Waals surface area (Å²) < 4.78 is 29.2. The second-order valence-electron chi connectivity index (χ2n) is 7.63. The van der Waals surface area contributed by atoms with Crippen LogP contribution in [0.1, 0.15) is 28.9 Å². The number of amides is 1. The summed E-state index contributed by atoms with van der Waals surface area (Å²) in [6.07, 6.45) is 1.49. The first-order valence-corrected chi connectivity index (χ1v) is 10.5. The third-order valence-corrected chi connectivity index (χ3v) is 5.15. The van der Waals surface area contributed by atoms with Gasteiger partial charge in [0.25, 0.3) is 5.91 Å². The van der Waals surface area contributed by atoms with Crippen LogP contribution in [0.5, 0.6) is 0 Å². The quantitative estimate of drug-likeness (QED) is 0.330. The van der Waals surface area contributed by atoms with Crippen molar-refractivity contribution in [2.24, 2.45) is 0 Å². The summed E-state index contributed by atoms with van der Waals surface area (Å²) in [6, 6.07) is 14.8. The zero-order valence-electron chi connectivity index (χ0n) is 18.7. The van der Waals surface area contributed by atoms with Gasteiger partial charge in [0.1, 0.15) is 29.5 Å². The summed E-state index contributed by atoms with van der Waals surface area (Å²) in [5.74, 6) is -1.05. The molecule has 0 fully saturated rings. The van der Waals surface area contributed by atoms with Gasteiger partial charge in [0.15, 0.2) is 5.82 Å². The van der Waals surface area contributed by atoms with Crippen molar-refractivity contribution in [3.05, 3.63) is 89.8 Å². The van der Waals surface area contributed by atoms with Gasteiger partial charge in [0, 0.05) is 12.2 Å². The molecule has 0 saturated carbocycles. The van der Waals surface area contributed by atoms with E-state index in [1.165, 1.54) is 36.7 Å². The molecule has 4 aromatic rings. The molecule has 2 heterocycles. The van der Waals surface area contributed by atoms with Crippen LogP contribution in [0.4, 0.5) is 20.3 Å². The number of anilines is 2. The largest absolute Gasteiger partial charge is 0.394 e. The van der Waals surface area contributed by atoms with Crippen LogP contribution in [0.15, 0.2) is 67.0 Å². The highest BCUT2D eigenvalue weighted by Crippen LogP contribution is 2.21. The second kappa shape index (κ2) is 11.5. The highest BCUT2D eigenvalue weighted by Gasteiger charge is 2.16. The van der Waals surface area contributed by atoms with Crippen molar-refractivity contribution in [3.63, 3.8) is 0 Å². The minimum Gasteiger partial charge on any atom is -0.394 e. The van der Waals surface area contributed by atoms with Crippen LogP contribution in [-0.2, 0) is 6.54 Å². The Hall–Kier alpha value is -3.89. The number of pyridine rings is 1. The summed E-state index contributed by atoms with van der Waals surface area (Å²) >= 11 is 0. The highest BCUT2D eigenvalue weighted by molar-refractivity contribution is 6.04. The fourth-order valence-electron chi connectivity index (χ4n) is 3.26. The maximum atomic E-state index is 14.4. The first-order valence-electron chi connectivity index (χ1n) is 10.5. The number of rotatable bonds is 8. The lowest BCUT2D eigenvalue weighted by molar-refractivity contribution is 0.102. The van der Waals surface area contributed by atoms with E-state index in [9.17, 15) is 18.7 Å². The maximum Gasteiger partial charge on any atom is 0.259 e. The number of hydrogen-bond donors (Lipinski definition) is 3. The average Bonchev–Trinajstić information content (AvgIpc) is 3.34. The lowest BCUT2D eigenvalue weighted by Gasteiger charge is -2.13. The van der Waals surface area contributed by atoms with E-state index in [1.807, 2.05) is 0 Å². The van der Waals surface area contributed by atoms with Gasteiger partial charge in [-0.1, -0.05) is 18.2 Å². The van der Waals surface area contributed by atoms with Crippen molar-refractivity contribution in [1.29, 1.82) is 0 Å². The number of nitrogens with one attached hydrogen (secondary N) is 2. The fourth-order valence-corrected chi connectivity index (χ4v) is 3.26. The van der Waals surface area contributed by atoms with E-state index in [-0.39, 0.29) is 42.3 Å². The van der Waals surface area contributed by atoms with Gasteiger partial charge in [-0.15, -0.1) is 22.6 Å². The summed E-state index contributed by atoms with van der Waals surface area (Å²) in [7, 11) is 0. The van der Waals surface area contributed by atoms with Crippen molar-refractivity contribution in [2.45, 2.75) is 19.5 Å². The van der Waals surface area contributed by atoms with Gasteiger partial charge in [0.2, 0.25) is 0 Å². The molecule has 0 aliphatic carbocycles. The molecule has 0 aliphatic heterocycles. The van der Waals surface area contributed by atoms with Crippen LogP contribution >= 0.6 is 12.4 Å². The van der Waals surface area contributed by atoms with Crippen molar-refractivity contribution >= 4 is 29.8 Å². The van der Waals surface area contributed by atoms with Gasteiger partial charge in [-0.2, -0.15) is 0 Å². The number of aromatic nitrogens is 4. The van der Waals surface area contributed by atoms with E-state index in [1.54, 1.807) is 41.8 Å². The molecule has 2 aromatic heterocycles. The van der Waals surface area contributed by atoms with Crippen molar-refractivity contribution in [1.82, 2.24) is 19.7 Å². The van der Waals surface area contributed by atoms with Crippen LogP contribution in [0.25, 0.3) is 11.5 Å². The average molecular weight is 501 g/mol. The molecule has 0 saturated heterocycles. The number of halogens is 3. The third-order valence-electron chi connectivity index (χ3n) is 5.15. The first kappa shape index (κ1) is 25.7. The number of benzene rings is 2. The SMILES string of the molecule is C[C@H](CO)n1cnnc1-c1cccc(NC(=O)c2cc(NCc3ccc(F)cc3)ccc2F)n1.Cl. The van der Waals surface area contributed by atoms with Crippen LogP contribution < -0.4 is 10.6 Å². The smallest absolute Gasteiger partial charge is 0.259 e. The summed E-state index contributed by atoms with van der Waals surface area (Å²) in [5, 5.41) is 23.0. The molecule has 8 nitrogen and oxygen atoms in total. The first-order chi connectivity index (χ1) is 16.4. The molecule has 0 unspecified atom stereocenters. The summed E-state index contributed by atoms with van der Waals surface area (Å²) in [4.78, 5) is 17.2. The predicted molar refractivity (Wildman–Crippen MR) is 130 cm³/mol. The number of carbonyl (C=O) groups is 1. The Bertz CT molecular complexity index is 1300. The predicted octanol–water partition coefficient (Wildman–Crippen LogP) is 4.46. The van der Waals surface area contributed by atoms with Crippen molar-refractivity contribution in [2.75, 3.05) is 17.2 Å². The van der Waals surface area contributed by atoms with E-state index in [0.717, 1.165) is 5.56 Å². The molecule has 0 bridgehead atoms. The van der Waals surface area contributed by atoms with Crippen molar-refractivity contribution < 1.29 is 18.7 Å². The summed E-state index contributed by atoms with van der Waals surface area (Å²) in [5.41, 5.74) is 1.64. The van der Waals surface area contributed by atoms with Crippen LogP contribution in [0.2, 0.25) is 0 Å². The van der Waals surface area contributed by atoms with Gasteiger partial charge in [-0.3, -0.25) is 4.79 Å². The van der Waals surface area contributed by atoms with E-state index in [4.69, 9.17) is 0 Å². The number of carbonyl (C=O) groups excluding carboxylic acids is 1. The summed E-state index contributed by atoms with van der Waals surface area (Å²) in [6.45, 7) is 2.08. The highest BCUT2D eigenvalue weighted by atomic mass is 35.5. The minimum atomic E-state index is -0.683. The molecule has 0 spiro atoms. The monoisotopic (exact) mass is 500 g/mol.